The predicted octanol–water partition coefficient (Wildman–Crippen LogP) is 4.65. The summed E-state index contributed by atoms with van der Waals surface area (Å²) < 4.78 is 10.6. The van der Waals surface area contributed by atoms with Crippen LogP contribution in [0.5, 0.6) is 5.75 Å². The summed E-state index contributed by atoms with van der Waals surface area (Å²) >= 11 is 0. The SMILES string of the molecule is CCCCCCCCC(=O)c1ccccc1OCCOC. The predicted molar refractivity (Wildman–Crippen MR) is 86.1 cm³/mol. The van der Waals surface area contributed by atoms with E-state index in [4.69, 9.17) is 9.47 Å². The van der Waals surface area contributed by atoms with Gasteiger partial charge in [-0.05, 0) is 18.6 Å². The van der Waals surface area contributed by atoms with E-state index < -0.39 is 0 Å². The molecule has 0 aliphatic carbocycles. The van der Waals surface area contributed by atoms with Crippen molar-refractivity contribution in [3.63, 3.8) is 0 Å². The van der Waals surface area contributed by atoms with Gasteiger partial charge in [-0.25, -0.2) is 0 Å². The maximum atomic E-state index is 12.3. The molecule has 1 aromatic carbocycles. The van der Waals surface area contributed by atoms with Gasteiger partial charge < -0.3 is 9.47 Å². The Balaban J connectivity index is 2.38. The number of Topliss-reactive ketones (excluding diaryl/α,β-unsaturated/α-hetero) is 1. The molecule has 0 unspecified atom stereocenters. The molecular formula is C18H28O3. The topological polar surface area (TPSA) is 35.5 Å². The summed E-state index contributed by atoms with van der Waals surface area (Å²) in [5, 5.41) is 0. The average Bonchev–Trinajstić information content (AvgIpc) is 2.51. The Bertz CT molecular complexity index is 401. The van der Waals surface area contributed by atoms with E-state index in [1.165, 1.54) is 25.7 Å². The lowest BCUT2D eigenvalue weighted by atomic mass is 10.0. The van der Waals surface area contributed by atoms with Crippen molar-refractivity contribution >= 4 is 5.78 Å². The molecule has 0 bridgehead atoms. The summed E-state index contributed by atoms with van der Waals surface area (Å²) in [6.45, 7) is 3.21. The van der Waals surface area contributed by atoms with Gasteiger partial charge in [0.15, 0.2) is 5.78 Å². The number of methoxy groups -OCH3 is 1. The fourth-order valence-corrected chi connectivity index (χ4v) is 2.26. The zero-order chi connectivity index (χ0) is 15.3. The van der Waals surface area contributed by atoms with E-state index in [1.807, 2.05) is 24.3 Å². The Labute approximate surface area is 128 Å². The molecule has 0 N–H and O–H groups in total. The third-order valence-corrected chi connectivity index (χ3v) is 3.49. The van der Waals surface area contributed by atoms with E-state index in [9.17, 15) is 4.79 Å². The third-order valence-electron chi connectivity index (χ3n) is 3.49. The van der Waals surface area contributed by atoms with Gasteiger partial charge >= 0.3 is 0 Å². The highest BCUT2D eigenvalue weighted by molar-refractivity contribution is 5.98. The van der Waals surface area contributed by atoms with Crippen LogP contribution in [0.3, 0.4) is 0 Å². The van der Waals surface area contributed by atoms with E-state index in [1.54, 1.807) is 7.11 Å². The monoisotopic (exact) mass is 292 g/mol. The van der Waals surface area contributed by atoms with Gasteiger partial charge in [-0.1, -0.05) is 51.2 Å². The Morgan fingerprint density at radius 1 is 1.00 bits per heavy atom. The van der Waals surface area contributed by atoms with Crippen LogP contribution < -0.4 is 4.74 Å². The molecule has 0 aromatic heterocycles. The minimum Gasteiger partial charge on any atom is -0.490 e. The van der Waals surface area contributed by atoms with Crippen molar-refractivity contribution in [1.82, 2.24) is 0 Å². The second-order valence-corrected chi connectivity index (χ2v) is 5.28. The minimum atomic E-state index is 0.179. The molecule has 1 aromatic rings. The molecule has 0 radical (unpaired) electrons. The first-order valence-electron chi connectivity index (χ1n) is 8.03. The molecule has 0 spiro atoms. The van der Waals surface area contributed by atoms with E-state index in [0.717, 1.165) is 12.8 Å². The Morgan fingerprint density at radius 3 is 2.48 bits per heavy atom. The highest BCUT2D eigenvalue weighted by Crippen LogP contribution is 2.21. The van der Waals surface area contributed by atoms with Gasteiger partial charge in [-0.2, -0.15) is 0 Å². The van der Waals surface area contributed by atoms with E-state index in [-0.39, 0.29) is 5.78 Å². The molecule has 21 heavy (non-hydrogen) atoms. The molecule has 0 heterocycles. The number of benzene rings is 1. The first-order chi connectivity index (χ1) is 10.3. The maximum absolute atomic E-state index is 12.3. The second-order valence-electron chi connectivity index (χ2n) is 5.28. The lowest BCUT2D eigenvalue weighted by molar-refractivity contribution is 0.0971. The summed E-state index contributed by atoms with van der Waals surface area (Å²) in [6.07, 6.45) is 7.77. The van der Waals surface area contributed by atoms with Gasteiger partial charge in [0.25, 0.3) is 0 Å². The van der Waals surface area contributed by atoms with Crippen molar-refractivity contribution in [3.8, 4) is 5.75 Å². The Morgan fingerprint density at radius 2 is 1.71 bits per heavy atom. The van der Waals surface area contributed by atoms with Crippen molar-refractivity contribution in [3.05, 3.63) is 29.8 Å². The highest BCUT2D eigenvalue weighted by atomic mass is 16.5. The Kier molecular flexibility index (Phi) is 9.55. The van der Waals surface area contributed by atoms with Crippen LogP contribution in [0.2, 0.25) is 0 Å². The number of ketones is 1. The average molecular weight is 292 g/mol. The number of unbranched alkanes of at least 4 members (excludes halogenated alkanes) is 5. The number of ether oxygens (including phenoxy) is 2. The molecule has 0 saturated heterocycles. The van der Waals surface area contributed by atoms with Crippen LogP contribution >= 0.6 is 0 Å². The quantitative estimate of drug-likeness (QED) is 0.416. The van der Waals surface area contributed by atoms with Crippen molar-refractivity contribution in [2.75, 3.05) is 20.3 Å². The molecule has 118 valence electrons. The van der Waals surface area contributed by atoms with Gasteiger partial charge in [-0.15, -0.1) is 0 Å². The zero-order valence-corrected chi connectivity index (χ0v) is 13.4. The fraction of sp³-hybridized carbons (Fsp3) is 0.611. The molecule has 0 aliphatic rings. The van der Waals surface area contributed by atoms with Crippen molar-refractivity contribution < 1.29 is 14.3 Å². The first-order valence-corrected chi connectivity index (χ1v) is 8.03. The summed E-state index contributed by atoms with van der Waals surface area (Å²) in [5.41, 5.74) is 0.696. The minimum absolute atomic E-state index is 0.179. The molecule has 3 nitrogen and oxygen atoms in total. The summed E-state index contributed by atoms with van der Waals surface area (Å²) in [4.78, 5) is 12.3. The van der Waals surface area contributed by atoms with Crippen LogP contribution in [0.4, 0.5) is 0 Å². The molecule has 0 saturated carbocycles. The number of carbonyl (C=O) groups excluding carboxylic acids is 1. The second kappa shape index (κ2) is 11.3. The van der Waals surface area contributed by atoms with E-state index >= 15 is 0 Å². The lowest BCUT2D eigenvalue weighted by Gasteiger charge is -2.10. The summed E-state index contributed by atoms with van der Waals surface area (Å²) in [5.74, 6) is 0.851. The number of hydrogen-bond acceptors (Lipinski definition) is 3. The molecule has 1 rings (SSSR count). The molecule has 3 heteroatoms. The van der Waals surface area contributed by atoms with E-state index in [2.05, 4.69) is 6.92 Å². The maximum Gasteiger partial charge on any atom is 0.166 e. The van der Waals surface area contributed by atoms with Crippen LogP contribution in [0.1, 0.15) is 62.2 Å². The number of para-hydroxylation sites is 1. The zero-order valence-electron chi connectivity index (χ0n) is 13.4. The Hall–Kier alpha value is -1.35. The lowest BCUT2D eigenvalue weighted by Crippen LogP contribution is -2.08. The van der Waals surface area contributed by atoms with Crippen LogP contribution in [0, 0.1) is 0 Å². The van der Waals surface area contributed by atoms with Gasteiger partial charge in [0.05, 0.1) is 12.2 Å². The summed E-state index contributed by atoms with van der Waals surface area (Å²) in [7, 11) is 1.64. The van der Waals surface area contributed by atoms with Crippen molar-refractivity contribution in [2.24, 2.45) is 0 Å². The standard InChI is InChI=1S/C18H28O3/c1-3-4-5-6-7-8-12-17(19)16-11-9-10-13-18(16)21-15-14-20-2/h9-11,13H,3-8,12,14-15H2,1-2H3. The molecule has 0 atom stereocenters. The first kappa shape index (κ1) is 17.7. The van der Waals surface area contributed by atoms with Crippen molar-refractivity contribution in [2.45, 2.75) is 51.9 Å². The highest BCUT2D eigenvalue weighted by Gasteiger charge is 2.11. The molecule has 0 fully saturated rings. The van der Waals surface area contributed by atoms with Crippen LogP contribution in [0.25, 0.3) is 0 Å². The summed E-state index contributed by atoms with van der Waals surface area (Å²) in [6, 6.07) is 7.48. The fourth-order valence-electron chi connectivity index (χ4n) is 2.26. The number of hydrogen-bond donors (Lipinski definition) is 0. The van der Waals surface area contributed by atoms with Gasteiger partial charge in [0.2, 0.25) is 0 Å². The molecular weight excluding hydrogens is 264 g/mol. The normalized spacial score (nSPS) is 10.6. The third kappa shape index (κ3) is 7.28. The van der Waals surface area contributed by atoms with Crippen LogP contribution in [0.15, 0.2) is 24.3 Å². The van der Waals surface area contributed by atoms with Crippen LogP contribution in [-0.2, 0) is 4.74 Å². The largest absolute Gasteiger partial charge is 0.490 e. The molecule has 0 amide bonds. The smallest absolute Gasteiger partial charge is 0.166 e. The van der Waals surface area contributed by atoms with Crippen LogP contribution in [-0.4, -0.2) is 26.1 Å². The van der Waals surface area contributed by atoms with Gasteiger partial charge in [0, 0.05) is 13.5 Å². The van der Waals surface area contributed by atoms with Crippen molar-refractivity contribution in [1.29, 1.82) is 0 Å². The molecule has 0 aliphatic heterocycles. The van der Waals surface area contributed by atoms with Gasteiger partial charge in [0.1, 0.15) is 12.4 Å². The van der Waals surface area contributed by atoms with Gasteiger partial charge in [-0.3, -0.25) is 4.79 Å². The number of carbonyl (C=O) groups is 1. The van der Waals surface area contributed by atoms with E-state index in [0.29, 0.717) is 30.9 Å². The number of rotatable bonds is 12.